The molecule has 0 aliphatic heterocycles. The molecule has 4 N–H and O–H groups in total. The first-order valence-corrected chi connectivity index (χ1v) is 7.41. The Bertz CT molecular complexity index is 505. The van der Waals surface area contributed by atoms with E-state index in [9.17, 15) is 9.90 Å². The summed E-state index contributed by atoms with van der Waals surface area (Å²) in [5.41, 5.74) is 6.63. The zero-order valence-electron chi connectivity index (χ0n) is 11.7. The lowest BCUT2D eigenvalue weighted by Crippen LogP contribution is -2.22. The Morgan fingerprint density at radius 3 is 2.90 bits per heavy atom. The van der Waals surface area contributed by atoms with Crippen LogP contribution in [0.4, 0.5) is 11.4 Å². The van der Waals surface area contributed by atoms with Crippen LogP contribution in [-0.4, -0.2) is 17.6 Å². The van der Waals surface area contributed by atoms with Crippen molar-refractivity contribution in [3.05, 3.63) is 22.7 Å². The number of halogens is 1. The van der Waals surface area contributed by atoms with Crippen LogP contribution in [0.5, 0.6) is 0 Å². The number of hydrogen-bond donors (Lipinski definition) is 3. The molecule has 0 bridgehead atoms. The van der Waals surface area contributed by atoms with Crippen LogP contribution in [0.3, 0.4) is 0 Å². The zero-order valence-corrected chi connectivity index (χ0v) is 12.4. The van der Waals surface area contributed by atoms with Crippen molar-refractivity contribution in [3.63, 3.8) is 0 Å². The Morgan fingerprint density at radius 2 is 2.25 bits per heavy atom. The largest absolute Gasteiger partial charge is 0.478 e. The topological polar surface area (TPSA) is 75.3 Å². The van der Waals surface area contributed by atoms with Gasteiger partial charge in [-0.3, -0.25) is 0 Å². The number of carboxylic acids is 1. The number of anilines is 2. The lowest BCUT2D eigenvalue weighted by molar-refractivity contribution is 0.0698. The van der Waals surface area contributed by atoms with E-state index in [4.69, 9.17) is 17.3 Å². The lowest BCUT2D eigenvalue weighted by Gasteiger charge is -2.27. The number of benzene rings is 1. The van der Waals surface area contributed by atoms with E-state index in [1.807, 2.05) is 0 Å². The highest BCUT2D eigenvalue weighted by Gasteiger charge is 2.20. The monoisotopic (exact) mass is 296 g/mol. The second-order valence-corrected chi connectivity index (χ2v) is 6.16. The maximum Gasteiger partial charge on any atom is 0.337 e. The Labute approximate surface area is 124 Å². The first-order valence-electron chi connectivity index (χ1n) is 7.03. The smallest absolute Gasteiger partial charge is 0.337 e. The summed E-state index contributed by atoms with van der Waals surface area (Å²) in [6.07, 6.45) is 4.91. The summed E-state index contributed by atoms with van der Waals surface area (Å²) in [7, 11) is 0. The van der Waals surface area contributed by atoms with Crippen LogP contribution in [0.1, 0.15) is 43.0 Å². The molecule has 0 aromatic heterocycles. The van der Waals surface area contributed by atoms with Gasteiger partial charge in [0.25, 0.3) is 0 Å². The zero-order chi connectivity index (χ0) is 14.7. The average Bonchev–Trinajstić information content (AvgIpc) is 2.36. The lowest BCUT2D eigenvalue weighted by atomic mass is 9.82. The number of rotatable bonds is 4. The van der Waals surface area contributed by atoms with Crippen molar-refractivity contribution < 1.29 is 9.90 Å². The van der Waals surface area contributed by atoms with Crippen molar-refractivity contribution >= 4 is 28.9 Å². The van der Waals surface area contributed by atoms with Gasteiger partial charge in [-0.15, -0.1) is 0 Å². The molecule has 0 radical (unpaired) electrons. The molecule has 4 nitrogen and oxygen atoms in total. The van der Waals surface area contributed by atoms with Gasteiger partial charge in [0.2, 0.25) is 0 Å². The quantitative estimate of drug-likeness (QED) is 0.738. The van der Waals surface area contributed by atoms with Gasteiger partial charge in [0, 0.05) is 12.2 Å². The van der Waals surface area contributed by atoms with Crippen molar-refractivity contribution in [2.75, 3.05) is 17.6 Å². The van der Waals surface area contributed by atoms with Crippen molar-refractivity contribution in [2.24, 2.45) is 11.8 Å². The number of nitrogens with one attached hydrogen (secondary N) is 1. The molecule has 0 heterocycles. The molecular formula is C15H21ClN2O2. The van der Waals surface area contributed by atoms with E-state index in [2.05, 4.69) is 12.2 Å². The Morgan fingerprint density at radius 1 is 1.50 bits per heavy atom. The van der Waals surface area contributed by atoms with Crippen molar-refractivity contribution in [2.45, 2.75) is 32.6 Å². The molecule has 1 aliphatic carbocycles. The molecular weight excluding hydrogens is 276 g/mol. The molecule has 0 spiro atoms. The predicted molar refractivity (Wildman–Crippen MR) is 82.4 cm³/mol. The van der Waals surface area contributed by atoms with Crippen LogP contribution in [0.2, 0.25) is 5.02 Å². The highest BCUT2D eigenvalue weighted by atomic mass is 35.5. The molecule has 5 heteroatoms. The molecule has 0 amide bonds. The van der Waals surface area contributed by atoms with Crippen molar-refractivity contribution in [3.8, 4) is 0 Å². The fourth-order valence-corrected chi connectivity index (χ4v) is 3.26. The van der Waals surface area contributed by atoms with E-state index in [0.717, 1.165) is 12.5 Å². The van der Waals surface area contributed by atoms with Crippen LogP contribution >= 0.6 is 11.6 Å². The standard InChI is InChI=1S/C15H21ClN2O2/c1-9-3-2-4-10(5-9)8-18-14-12(15(19)20)6-11(17)7-13(14)16/h6-7,9-10,18H,2-5,8,17H2,1H3,(H,19,20). The van der Waals surface area contributed by atoms with Gasteiger partial charge in [0.1, 0.15) is 0 Å². The maximum absolute atomic E-state index is 11.3. The molecule has 1 saturated carbocycles. The van der Waals surface area contributed by atoms with Gasteiger partial charge in [-0.1, -0.05) is 31.4 Å². The Kier molecular flexibility index (Phi) is 4.76. The number of nitrogens with two attached hydrogens (primary N) is 1. The van der Waals surface area contributed by atoms with Gasteiger partial charge in [0.15, 0.2) is 0 Å². The van der Waals surface area contributed by atoms with E-state index in [0.29, 0.717) is 22.3 Å². The third-order valence-corrected chi connectivity index (χ3v) is 4.25. The van der Waals surface area contributed by atoms with Crippen molar-refractivity contribution in [1.82, 2.24) is 0 Å². The van der Waals surface area contributed by atoms with Crippen LogP contribution in [0.15, 0.2) is 12.1 Å². The summed E-state index contributed by atoms with van der Waals surface area (Å²) in [6.45, 7) is 3.03. The molecule has 0 saturated heterocycles. The van der Waals surface area contributed by atoms with Crippen LogP contribution in [0, 0.1) is 11.8 Å². The van der Waals surface area contributed by atoms with Crippen LogP contribution in [-0.2, 0) is 0 Å². The fourth-order valence-electron chi connectivity index (χ4n) is 2.97. The normalized spacial score (nSPS) is 22.5. The summed E-state index contributed by atoms with van der Waals surface area (Å²) < 4.78 is 0. The van der Waals surface area contributed by atoms with Gasteiger partial charge >= 0.3 is 5.97 Å². The highest BCUT2D eigenvalue weighted by molar-refractivity contribution is 6.34. The minimum Gasteiger partial charge on any atom is -0.478 e. The summed E-state index contributed by atoms with van der Waals surface area (Å²) in [5, 5.41) is 12.8. The molecule has 110 valence electrons. The number of hydrogen-bond acceptors (Lipinski definition) is 3. The molecule has 1 aliphatic rings. The number of carbonyl (C=O) groups is 1. The second-order valence-electron chi connectivity index (χ2n) is 5.75. The first-order chi connectivity index (χ1) is 9.47. The number of carboxylic acid groups (broad SMARTS) is 1. The van der Waals surface area contributed by atoms with E-state index >= 15 is 0 Å². The predicted octanol–water partition coefficient (Wildman–Crippen LogP) is 3.86. The van der Waals surface area contributed by atoms with Gasteiger partial charge < -0.3 is 16.2 Å². The second kappa shape index (κ2) is 6.35. The molecule has 20 heavy (non-hydrogen) atoms. The Hall–Kier alpha value is -1.42. The van der Waals surface area contributed by atoms with Gasteiger partial charge in [-0.25, -0.2) is 4.79 Å². The molecule has 1 fully saturated rings. The average molecular weight is 297 g/mol. The molecule has 2 unspecified atom stereocenters. The van der Waals surface area contributed by atoms with E-state index < -0.39 is 5.97 Å². The fraction of sp³-hybridized carbons (Fsp3) is 0.533. The van der Waals surface area contributed by atoms with E-state index in [1.54, 1.807) is 6.07 Å². The van der Waals surface area contributed by atoms with Gasteiger partial charge in [0.05, 0.1) is 16.3 Å². The van der Waals surface area contributed by atoms with Crippen molar-refractivity contribution in [1.29, 1.82) is 0 Å². The van der Waals surface area contributed by atoms with Gasteiger partial charge in [-0.2, -0.15) is 0 Å². The summed E-state index contributed by atoms with van der Waals surface area (Å²) >= 11 is 6.12. The van der Waals surface area contributed by atoms with Gasteiger partial charge in [-0.05, 0) is 36.8 Å². The molecule has 2 rings (SSSR count). The molecule has 2 atom stereocenters. The van der Waals surface area contributed by atoms with E-state index in [1.165, 1.54) is 31.7 Å². The minimum absolute atomic E-state index is 0.138. The summed E-state index contributed by atoms with van der Waals surface area (Å²) in [5.74, 6) is 0.309. The first kappa shape index (κ1) is 15.0. The third-order valence-electron chi connectivity index (χ3n) is 3.96. The summed E-state index contributed by atoms with van der Waals surface area (Å²) in [6, 6.07) is 3.03. The highest BCUT2D eigenvalue weighted by Crippen LogP contribution is 2.32. The number of aromatic carboxylic acids is 1. The maximum atomic E-state index is 11.3. The molecule has 1 aromatic rings. The van der Waals surface area contributed by atoms with Crippen LogP contribution < -0.4 is 11.1 Å². The Balaban J connectivity index is 2.10. The minimum atomic E-state index is -1.02. The molecule has 1 aromatic carbocycles. The summed E-state index contributed by atoms with van der Waals surface area (Å²) in [4.78, 5) is 11.3. The SMILES string of the molecule is CC1CCCC(CNc2c(Cl)cc(N)cc2C(=O)O)C1. The third kappa shape index (κ3) is 3.57. The van der Waals surface area contributed by atoms with Crippen LogP contribution in [0.25, 0.3) is 0 Å². The van der Waals surface area contributed by atoms with E-state index in [-0.39, 0.29) is 5.56 Å². The number of nitrogen functional groups attached to an aromatic ring is 1.